The van der Waals surface area contributed by atoms with Gasteiger partial charge in [0.2, 0.25) is 0 Å². The van der Waals surface area contributed by atoms with E-state index in [1.807, 2.05) is 0 Å². The highest BCUT2D eigenvalue weighted by Crippen LogP contribution is 2.22. The van der Waals surface area contributed by atoms with Gasteiger partial charge in [-0.3, -0.25) is 0 Å². The first kappa shape index (κ1) is 11.0. The van der Waals surface area contributed by atoms with E-state index in [1.54, 1.807) is 6.92 Å². The highest BCUT2D eigenvalue weighted by Gasteiger charge is 2.09. The number of benzene rings is 1. The molecule has 0 saturated carbocycles. The van der Waals surface area contributed by atoms with Crippen LogP contribution in [0.1, 0.15) is 16.2 Å². The van der Waals surface area contributed by atoms with E-state index in [4.69, 9.17) is 5.11 Å². The third-order valence-electron chi connectivity index (χ3n) is 2.12. The van der Waals surface area contributed by atoms with E-state index in [9.17, 15) is 9.90 Å². The molecule has 0 saturated heterocycles. The van der Waals surface area contributed by atoms with Crippen molar-refractivity contribution >= 4 is 5.97 Å². The number of aromatic carboxylic acids is 1. The lowest BCUT2D eigenvalue weighted by atomic mass is 10.1. The van der Waals surface area contributed by atoms with Crippen LogP contribution < -0.4 is 0 Å². The molecule has 0 unspecified atom stereocenters. The highest BCUT2D eigenvalue weighted by atomic mass is 16.4. The highest BCUT2D eigenvalue weighted by molar-refractivity contribution is 5.89. The van der Waals surface area contributed by atoms with Crippen LogP contribution in [0.4, 0.5) is 0 Å². The molecule has 17 heavy (non-hydrogen) atoms. The van der Waals surface area contributed by atoms with Crippen molar-refractivity contribution in [2.75, 3.05) is 0 Å². The third kappa shape index (κ3) is 2.36. The largest absolute Gasteiger partial charge is 0.508 e. The number of carbonyl (C=O) groups is 1. The third-order valence-corrected chi connectivity index (χ3v) is 2.12. The van der Waals surface area contributed by atoms with Gasteiger partial charge in [0, 0.05) is 5.56 Å². The van der Waals surface area contributed by atoms with E-state index < -0.39 is 5.97 Å². The molecule has 1 aromatic carbocycles. The van der Waals surface area contributed by atoms with Crippen molar-refractivity contribution in [3.8, 4) is 17.1 Å². The first-order chi connectivity index (χ1) is 8.06. The lowest BCUT2D eigenvalue weighted by Crippen LogP contribution is -1.98. The quantitative estimate of drug-likeness (QED) is 0.807. The topological polar surface area (TPSA) is 96.2 Å². The Morgan fingerprint density at radius 3 is 2.65 bits per heavy atom. The van der Waals surface area contributed by atoms with Crippen LogP contribution in [0.25, 0.3) is 11.4 Å². The van der Waals surface area contributed by atoms with Gasteiger partial charge in [0.1, 0.15) is 17.9 Å². The average molecular weight is 231 g/mol. The van der Waals surface area contributed by atoms with Gasteiger partial charge in [0.05, 0.1) is 5.56 Å². The molecule has 0 aliphatic carbocycles. The molecule has 2 rings (SSSR count). The maximum Gasteiger partial charge on any atom is 0.335 e. The Morgan fingerprint density at radius 2 is 2.00 bits per heavy atom. The Kier molecular flexibility index (Phi) is 2.70. The van der Waals surface area contributed by atoms with Crippen LogP contribution in [-0.4, -0.2) is 31.1 Å². The molecule has 86 valence electrons. The van der Waals surface area contributed by atoms with Crippen molar-refractivity contribution in [1.82, 2.24) is 15.0 Å². The van der Waals surface area contributed by atoms with E-state index in [1.165, 1.54) is 24.5 Å². The van der Waals surface area contributed by atoms with E-state index in [0.29, 0.717) is 17.2 Å². The number of phenols is 1. The van der Waals surface area contributed by atoms with Crippen LogP contribution in [0.15, 0.2) is 24.5 Å². The maximum absolute atomic E-state index is 10.8. The molecule has 1 aromatic heterocycles. The number of aryl methyl sites for hydroxylation is 1. The van der Waals surface area contributed by atoms with Crippen molar-refractivity contribution in [3.63, 3.8) is 0 Å². The molecule has 2 aromatic rings. The summed E-state index contributed by atoms with van der Waals surface area (Å²) < 4.78 is 0. The van der Waals surface area contributed by atoms with E-state index >= 15 is 0 Å². The Morgan fingerprint density at radius 1 is 1.24 bits per heavy atom. The van der Waals surface area contributed by atoms with Gasteiger partial charge in [-0.05, 0) is 25.1 Å². The molecule has 0 spiro atoms. The van der Waals surface area contributed by atoms with Crippen molar-refractivity contribution in [3.05, 3.63) is 35.9 Å². The number of rotatable bonds is 2. The van der Waals surface area contributed by atoms with E-state index in [-0.39, 0.29) is 11.3 Å². The van der Waals surface area contributed by atoms with Gasteiger partial charge in [-0.15, -0.1) is 0 Å². The van der Waals surface area contributed by atoms with Crippen LogP contribution in [0.5, 0.6) is 5.75 Å². The van der Waals surface area contributed by atoms with Gasteiger partial charge in [0.15, 0.2) is 5.82 Å². The summed E-state index contributed by atoms with van der Waals surface area (Å²) in [5, 5.41) is 18.3. The number of hydrogen-bond acceptors (Lipinski definition) is 5. The number of aromatic nitrogens is 3. The zero-order chi connectivity index (χ0) is 12.4. The molecule has 0 aliphatic rings. The van der Waals surface area contributed by atoms with Crippen molar-refractivity contribution in [2.24, 2.45) is 0 Å². The molecule has 0 atom stereocenters. The van der Waals surface area contributed by atoms with Gasteiger partial charge in [-0.2, -0.15) is 0 Å². The molecule has 0 aliphatic heterocycles. The maximum atomic E-state index is 10.8. The molecule has 0 fully saturated rings. The minimum Gasteiger partial charge on any atom is -0.508 e. The first-order valence-electron chi connectivity index (χ1n) is 4.79. The van der Waals surface area contributed by atoms with Crippen LogP contribution in [0, 0.1) is 6.92 Å². The SMILES string of the molecule is Cc1ncnc(-c2cc(O)cc(C(=O)O)c2)n1. The number of carboxylic acids is 1. The van der Waals surface area contributed by atoms with E-state index in [0.717, 1.165) is 0 Å². The second kappa shape index (κ2) is 4.17. The number of aromatic hydroxyl groups is 1. The summed E-state index contributed by atoms with van der Waals surface area (Å²) in [6.07, 6.45) is 1.34. The fraction of sp³-hybridized carbons (Fsp3) is 0.0909. The number of phenolic OH excluding ortho intramolecular Hbond substituents is 1. The van der Waals surface area contributed by atoms with Crippen molar-refractivity contribution < 1.29 is 15.0 Å². The molecule has 0 radical (unpaired) electrons. The molecule has 2 N–H and O–H groups in total. The number of hydrogen-bond donors (Lipinski definition) is 2. The minimum absolute atomic E-state index is 0.0157. The van der Waals surface area contributed by atoms with Gasteiger partial charge in [-0.1, -0.05) is 0 Å². The molecule has 6 heteroatoms. The zero-order valence-electron chi connectivity index (χ0n) is 8.95. The normalized spacial score (nSPS) is 10.2. The Balaban J connectivity index is 2.56. The van der Waals surface area contributed by atoms with Gasteiger partial charge in [-0.25, -0.2) is 19.7 Å². The van der Waals surface area contributed by atoms with Crippen LogP contribution in [0.3, 0.4) is 0 Å². The molecular formula is C11H9N3O3. The summed E-state index contributed by atoms with van der Waals surface area (Å²) >= 11 is 0. The van der Waals surface area contributed by atoms with Gasteiger partial charge < -0.3 is 10.2 Å². The predicted octanol–water partition coefficient (Wildman–Crippen LogP) is 1.25. The minimum atomic E-state index is -1.12. The van der Waals surface area contributed by atoms with Crippen LogP contribution >= 0.6 is 0 Å². The molecule has 6 nitrogen and oxygen atoms in total. The van der Waals surface area contributed by atoms with Crippen molar-refractivity contribution in [1.29, 1.82) is 0 Å². The van der Waals surface area contributed by atoms with Crippen molar-refractivity contribution in [2.45, 2.75) is 6.92 Å². The Hall–Kier alpha value is -2.50. The summed E-state index contributed by atoms with van der Waals surface area (Å²) in [6.45, 7) is 1.70. The Labute approximate surface area is 96.6 Å². The molecule has 0 amide bonds. The summed E-state index contributed by atoms with van der Waals surface area (Å²) in [5.74, 6) is -0.406. The first-order valence-corrected chi connectivity index (χ1v) is 4.79. The molecular weight excluding hydrogens is 222 g/mol. The second-order valence-corrected chi connectivity index (χ2v) is 3.43. The average Bonchev–Trinajstić information content (AvgIpc) is 2.28. The van der Waals surface area contributed by atoms with Crippen LogP contribution in [0.2, 0.25) is 0 Å². The second-order valence-electron chi connectivity index (χ2n) is 3.43. The lowest BCUT2D eigenvalue weighted by molar-refractivity contribution is 0.0696. The summed E-state index contributed by atoms with van der Waals surface area (Å²) in [7, 11) is 0. The predicted molar refractivity (Wildman–Crippen MR) is 58.6 cm³/mol. The monoisotopic (exact) mass is 231 g/mol. The summed E-state index contributed by atoms with van der Waals surface area (Å²) in [4.78, 5) is 22.7. The van der Waals surface area contributed by atoms with E-state index in [2.05, 4.69) is 15.0 Å². The summed E-state index contributed by atoms with van der Waals surface area (Å²) in [5.41, 5.74) is 0.422. The smallest absolute Gasteiger partial charge is 0.335 e. The van der Waals surface area contributed by atoms with Gasteiger partial charge >= 0.3 is 5.97 Å². The zero-order valence-corrected chi connectivity index (χ0v) is 8.95. The number of nitrogens with zero attached hydrogens (tertiary/aromatic N) is 3. The van der Waals surface area contributed by atoms with Crippen LogP contribution in [-0.2, 0) is 0 Å². The Bertz CT molecular complexity index is 584. The number of carboxylic acid groups (broad SMARTS) is 1. The molecule has 1 heterocycles. The lowest BCUT2D eigenvalue weighted by Gasteiger charge is -2.03. The molecule has 0 bridgehead atoms. The van der Waals surface area contributed by atoms with Gasteiger partial charge in [0.25, 0.3) is 0 Å². The fourth-order valence-electron chi connectivity index (χ4n) is 1.38. The summed E-state index contributed by atoms with van der Waals surface area (Å²) in [6, 6.07) is 3.97. The fourth-order valence-corrected chi connectivity index (χ4v) is 1.38. The standard InChI is InChI=1S/C11H9N3O3/c1-6-12-5-13-10(14-6)7-2-8(11(16)17)4-9(15)3-7/h2-5,15H,1H3,(H,16,17).